The molecule has 2 rings (SSSR count). The van der Waals surface area contributed by atoms with Crippen LogP contribution in [0.5, 0.6) is 0 Å². The Hall–Kier alpha value is -2.43. The van der Waals surface area contributed by atoms with Gasteiger partial charge in [0.1, 0.15) is 0 Å². The Balaban J connectivity index is 2.37. The van der Waals surface area contributed by atoms with E-state index in [4.69, 9.17) is 0 Å². The van der Waals surface area contributed by atoms with E-state index in [1.807, 2.05) is 0 Å². The molecular formula is C13H10NO4-. The maximum absolute atomic E-state index is 11.9. The highest BCUT2D eigenvalue weighted by Crippen LogP contribution is 2.26. The Bertz CT molecular complexity index is 560. The highest BCUT2D eigenvalue weighted by atomic mass is 16.4. The molecule has 5 nitrogen and oxygen atoms in total. The second kappa shape index (κ2) is 4.10. The molecule has 0 aliphatic carbocycles. The van der Waals surface area contributed by atoms with Gasteiger partial charge < -0.3 is 9.90 Å². The number of hydrogen-bond donors (Lipinski definition) is 0. The fourth-order valence-corrected chi connectivity index (χ4v) is 1.73. The van der Waals surface area contributed by atoms with E-state index in [1.165, 1.54) is 24.3 Å². The zero-order valence-corrected chi connectivity index (χ0v) is 9.89. The number of hydrogen-bond acceptors (Lipinski definition) is 4. The molecule has 0 aromatic heterocycles. The SMILES string of the molecule is CC1=C(C)C(=O)N(c2ccc(C(=O)[O-])cc2)C1=O. The molecule has 1 aliphatic heterocycles. The van der Waals surface area contributed by atoms with Gasteiger partial charge in [-0.25, -0.2) is 4.90 Å². The van der Waals surface area contributed by atoms with Crippen LogP contribution in [0.25, 0.3) is 0 Å². The largest absolute Gasteiger partial charge is 0.545 e. The number of aromatic carboxylic acids is 1. The van der Waals surface area contributed by atoms with Gasteiger partial charge in [-0.15, -0.1) is 0 Å². The van der Waals surface area contributed by atoms with Crippen LogP contribution >= 0.6 is 0 Å². The summed E-state index contributed by atoms with van der Waals surface area (Å²) in [7, 11) is 0. The lowest BCUT2D eigenvalue weighted by molar-refractivity contribution is -0.255. The highest BCUT2D eigenvalue weighted by molar-refractivity contribution is 6.32. The molecular weight excluding hydrogens is 234 g/mol. The number of carbonyl (C=O) groups excluding carboxylic acids is 3. The first-order valence-electron chi connectivity index (χ1n) is 5.31. The van der Waals surface area contributed by atoms with Crippen molar-refractivity contribution in [1.82, 2.24) is 0 Å². The van der Waals surface area contributed by atoms with Gasteiger partial charge in [-0.3, -0.25) is 9.59 Å². The second-order valence-corrected chi connectivity index (χ2v) is 4.03. The Morgan fingerprint density at radius 1 is 1.00 bits per heavy atom. The van der Waals surface area contributed by atoms with Gasteiger partial charge in [-0.05, 0) is 31.5 Å². The molecule has 0 spiro atoms. The first-order valence-corrected chi connectivity index (χ1v) is 5.31. The van der Waals surface area contributed by atoms with Gasteiger partial charge in [-0.1, -0.05) is 12.1 Å². The van der Waals surface area contributed by atoms with Crippen LogP contribution in [0.15, 0.2) is 35.4 Å². The Morgan fingerprint density at radius 2 is 1.44 bits per heavy atom. The molecule has 0 radical (unpaired) electrons. The summed E-state index contributed by atoms with van der Waals surface area (Å²) in [6.45, 7) is 3.18. The average molecular weight is 244 g/mol. The summed E-state index contributed by atoms with van der Waals surface area (Å²) in [5.41, 5.74) is 1.17. The van der Waals surface area contributed by atoms with Crippen molar-refractivity contribution in [2.24, 2.45) is 0 Å². The average Bonchev–Trinajstić information content (AvgIpc) is 2.54. The first kappa shape index (κ1) is 12.0. The lowest BCUT2D eigenvalue weighted by Gasteiger charge is -2.15. The molecule has 0 bridgehead atoms. The zero-order chi connectivity index (χ0) is 13.4. The molecule has 0 fully saturated rings. The van der Waals surface area contributed by atoms with Crippen LogP contribution in [0.2, 0.25) is 0 Å². The first-order chi connectivity index (χ1) is 8.43. The minimum absolute atomic E-state index is 0.000696. The minimum atomic E-state index is -1.30. The molecule has 1 aromatic rings. The van der Waals surface area contributed by atoms with Gasteiger partial charge >= 0.3 is 0 Å². The highest BCUT2D eigenvalue weighted by Gasteiger charge is 2.34. The molecule has 2 amide bonds. The van der Waals surface area contributed by atoms with Crippen molar-refractivity contribution in [3.63, 3.8) is 0 Å². The maximum Gasteiger partial charge on any atom is 0.261 e. The summed E-state index contributed by atoms with van der Waals surface area (Å²) in [4.78, 5) is 35.4. The number of imide groups is 1. The molecule has 18 heavy (non-hydrogen) atoms. The summed E-state index contributed by atoms with van der Waals surface area (Å²) < 4.78 is 0. The van der Waals surface area contributed by atoms with Crippen molar-refractivity contribution in [2.45, 2.75) is 13.8 Å². The van der Waals surface area contributed by atoms with Crippen LogP contribution < -0.4 is 10.0 Å². The standard InChI is InChI=1S/C13H11NO4/c1-7-8(2)12(16)14(11(7)15)10-5-3-9(4-6-10)13(17)18/h3-6H,1-2H3,(H,17,18)/p-1. The van der Waals surface area contributed by atoms with Crippen molar-refractivity contribution >= 4 is 23.5 Å². The topological polar surface area (TPSA) is 77.5 Å². The number of amides is 2. The lowest BCUT2D eigenvalue weighted by Crippen LogP contribution is -2.31. The van der Waals surface area contributed by atoms with E-state index in [2.05, 4.69) is 0 Å². The third-order valence-electron chi connectivity index (χ3n) is 2.97. The Morgan fingerprint density at radius 3 is 1.83 bits per heavy atom. The molecule has 92 valence electrons. The van der Waals surface area contributed by atoms with E-state index >= 15 is 0 Å². The van der Waals surface area contributed by atoms with Crippen LogP contribution in [0.1, 0.15) is 24.2 Å². The lowest BCUT2D eigenvalue weighted by atomic mass is 10.2. The molecule has 0 unspecified atom stereocenters. The summed E-state index contributed by atoms with van der Waals surface area (Å²) in [6.07, 6.45) is 0. The van der Waals surface area contributed by atoms with Gasteiger partial charge in [0.25, 0.3) is 11.8 Å². The predicted molar refractivity (Wildman–Crippen MR) is 61.6 cm³/mol. The van der Waals surface area contributed by atoms with Gasteiger partial charge in [-0.2, -0.15) is 0 Å². The van der Waals surface area contributed by atoms with Gasteiger partial charge in [0, 0.05) is 11.1 Å². The number of anilines is 1. The molecule has 1 aromatic carbocycles. The van der Waals surface area contributed by atoms with Gasteiger partial charge in [0.05, 0.1) is 11.7 Å². The van der Waals surface area contributed by atoms with E-state index in [0.717, 1.165) is 4.90 Å². The van der Waals surface area contributed by atoms with E-state index in [1.54, 1.807) is 13.8 Å². The molecule has 0 N–H and O–H groups in total. The summed E-state index contributed by atoms with van der Waals surface area (Å²) >= 11 is 0. The van der Waals surface area contributed by atoms with E-state index in [0.29, 0.717) is 16.8 Å². The van der Waals surface area contributed by atoms with E-state index < -0.39 is 5.97 Å². The number of carbonyl (C=O) groups is 3. The number of carboxylic acid groups (broad SMARTS) is 1. The summed E-state index contributed by atoms with van der Waals surface area (Å²) in [5, 5.41) is 10.6. The second-order valence-electron chi connectivity index (χ2n) is 4.03. The van der Waals surface area contributed by atoms with Crippen molar-refractivity contribution in [3.8, 4) is 0 Å². The summed E-state index contributed by atoms with van der Waals surface area (Å²) in [6, 6.07) is 5.42. The van der Waals surface area contributed by atoms with Crippen molar-refractivity contribution < 1.29 is 19.5 Å². The normalized spacial score (nSPS) is 15.6. The molecule has 1 heterocycles. The third kappa shape index (κ3) is 1.69. The monoisotopic (exact) mass is 244 g/mol. The Kier molecular flexibility index (Phi) is 2.74. The number of rotatable bonds is 2. The molecule has 1 aliphatic rings. The third-order valence-corrected chi connectivity index (χ3v) is 2.97. The predicted octanol–water partition coefficient (Wildman–Crippen LogP) is 0.260. The molecule has 5 heteroatoms. The molecule has 0 atom stereocenters. The fraction of sp³-hybridized carbons (Fsp3) is 0.154. The zero-order valence-electron chi connectivity index (χ0n) is 9.89. The van der Waals surface area contributed by atoms with Crippen molar-refractivity contribution in [2.75, 3.05) is 4.90 Å². The molecule has 0 saturated heterocycles. The van der Waals surface area contributed by atoms with Crippen LogP contribution in [0.4, 0.5) is 5.69 Å². The number of carboxylic acids is 1. The van der Waals surface area contributed by atoms with Crippen LogP contribution in [-0.2, 0) is 9.59 Å². The van der Waals surface area contributed by atoms with Crippen LogP contribution in [0, 0.1) is 0 Å². The van der Waals surface area contributed by atoms with Crippen LogP contribution in [-0.4, -0.2) is 17.8 Å². The van der Waals surface area contributed by atoms with Crippen molar-refractivity contribution in [1.29, 1.82) is 0 Å². The van der Waals surface area contributed by atoms with E-state index in [9.17, 15) is 19.5 Å². The van der Waals surface area contributed by atoms with Crippen molar-refractivity contribution in [3.05, 3.63) is 41.0 Å². The van der Waals surface area contributed by atoms with E-state index in [-0.39, 0.29) is 17.4 Å². The summed E-state index contributed by atoms with van der Waals surface area (Å²) in [5.74, 6) is -2.05. The molecule has 0 saturated carbocycles. The fourth-order valence-electron chi connectivity index (χ4n) is 1.73. The van der Waals surface area contributed by atoms with Gasteiger partial charge in [0.15, 0.2) is 0 Å². The van der Waals surface area contributed by atoms with Crippen LogP contribution in [0.3, 0.4) is 0 Å². The smallest absolute Gasteiger partial charge is 0.261 e. The minimum Gasteiger partial charge on any atom is -0.545 e. The maximum atomic E-state index is 11.9. The quantitative estimate of drug-likeness (QED) is 0.699. The number of nitrogens with zero attached hydrogens (tertiary/aromatic N) is 1. The van der Waals surface area contributed by atoms with Gasteiger partial charge in [0.2, 0.25) is 0 Å². The Labute approximate surface area is 103 Å². The number of benzene rings is 1.